The average Bonchev–Trinajstić information content (AvgIpc) is 1.59. The lowest BCUT2D eigenvalue weighted by molar-refractivity contribution is 0.681. The van der Waals surface area contributed by atoms with Gasteiger partial charge in [0.1, 0.15) is 0 Å². The molecule has 0 fully saturated rings. The fourth-order valence-electron chi connectivity index (χ4n) is 0.450. The van der Waals surface area contributed by atoms with Gasteiger partial charge in [0, 0.05) is 12.0 Å². The zero-order valence-electron chi connectivity index (χ0n) is 5.64. The van der Waals surface area contributed by atoms with Crippen LogP contribution >= 0.6 is 0 Å². The number of rotatable bonds is 3. The van der Waals surface area contributed by atoms with Crippen molar-refractivity contribution in [3.05, 3.63) is 0 Å². The lowest BCUT2D eigenvalue weighted by Crippen LogP contribution is -2.01. The van der Waals surface area contributed by atoms with E-state index in [0.29, 0.717) is 0 Å². The van der Waals surface area contributed by atoms with E-state index in [0.717, 1.165) is 18.6 Å². The molecule has 0 aromatic rings. The predicted molar refractivity (Wildman–Crippen MR) is 41.0 cm³/mol. The van der Waals surface area contributed by atoms with E-state index < -0.39 is 9.52 Å². The molecule has 0 aromatic carbocycles. The van der Waals surface area contributed by atoms with Crippen LogP contribution in [0.15, 0.2) is 0 Å². The van der Waals surface area contributed by atoms with E-state index >= 15 is 0 Å². The van der Waals surface area contributed by atoms with Gasteiger partial charge in [-0.3, -0.25) is 4.21 Å². The van der Waals surface area contributed by atoms with Crippen LogP contribution in [0.4, 0.5) is 0 Å². The summed E-state index contributed by atoms with van der Waals surface area (Å²) < 4.78 is 10.8. The largest absolute Gasteiger partial charge is 0.268 e. The van der Waals surface area contributed by atoms with Gasteiger partial charge in [0.15, 0.2) is 0 Å². The standard InChI is InChI=1S/C6H14OS/c1-4-5-6-8(2,3)7/h2,4-6H2,1,3H3. The molecule has 50 valence electrons. The molecule has 0 saturated carbocycles. The van der Waals surface area contributed by atoms with E-state index in [1.165, 1.54) is 0 Å². The molecule has 1 atom stereocenters. The zero-order valence-corrected chi connectivity index (χ0v) is 6.46. The van der Waals surface area contributed by atoms with Crippen molar-refractivity contribution in [3.8, 4) is 0 Å². The van der Waals surface area contributed by atoms with Crippen LogP contribution in [0.3, 0.4) is 0 Å². The Hall–Kier alpha value is 0.0200. The van der Waals surface area contributed by atoms with Gasteiger partial charge >= 0.3 is 0 Å². The predicted octanol–water partition coefficient (Wildman–Crippen LogP) is 1.13. The molecule has 1 unspecified atom stereocenters. The van der Waals surface area contributed by atoms with Gasteiger partial charge in [0.2, 0.25) is 0 Å². The summed E-state index contributed by atoms with van der Waals surface area (Å²) in [6, 6.07) is 0. The highest BCUT2D eigenvalue weighted by atomic mass is 32.2. The van der Waals surface area contributed by atoms with E-state index in [9.17, 15) is 4.21 Å². The molecule has 0 aliphatic heterocycles. The minimum absolute atomic E-state index is 0.781. The second-order valence-electron chi connectivity index (χ2n) is 2.24. The molecule has 0 aromatic heterocycles. The van der Waals surface area contributed by atoms with Crippen molar-refractivity contribution in [2.24, 2.45) is 0 Å². The SMILES string of the molecule is C=S(C)(=O)CCCC. The highest BCUT2D eigenvalue weighted by Crippen LogP contribution is 1.91. The molecule has 0 amide bonds. The van der Waals surface area contributed by atoms with Gasteiger partial charge in [0.25, 0.3) is 0 Å². The van der Waals surface area contributed by atoms with Crippen LogP contribution in [0.5, 0.6) is 0 Å². The van der Waals surface area contributed by atoms with Gasteiger partial charge in [-0.25, -0.2) is 0 Å². The Morgan fingerprint density at radius 1 is 1.62 bits per heavy atom. The summed E-state index contributed by atoms with van der Waals surface area (Å²) in [5, 5.41) is 0. The highest BCUT2D eigenvalue weighted by Gasteiger charge is 1.90. The van der Waals surface area contributed by atoms with Crippen LogP contribution in [0.25, 0.3) is 0 Å². The molecule has 2 heteroatoms. The van der Waals surface area contributed by atoms with Crippen LogP contribution in [0, 0.1) is 0 Å². The van der Waals surface area contributed by atoms with Crippen molar-refractivity contribution in [1.82, 2.24) is 0 Å². The smallest absolute Gasteiger partial charge is 0.0156 e. The van der Waals surface area contributed by atoms with Gasteiger partial charge in [-0.2, -0.15) is 0 Å². The lowest BCUT2D eigenvalue weighted by Gasteiger charge is -1.97. The van der Waals surface area contributed by atoms with Gasteiger partial charge in [-0.05, 0) is 21.8 Å². The van der Waals surface area contributed by atoms with Crippen molar-refractivity contribution >= 4 is 15.4 Å². The van der Waals surface area contributed by atoms with E-state index in [4.69, 9.17) is 0 Å². The second-order valence-corrected chi connectivity index (χ2v) is 5.02. The summed E-state index contributed by atoms with van der Waals surface area (Å²) in [5.74, 6) is 4.32. The Bertz CT molecular complexity index is 133. The minimum Gasteiger partial charge on any atom is -0.268 e. The van der Waals surface area contributed by atoms with Crippen molar-refractivity contribution in [2.75, 3.05) is 12.0 Å². The Morgan fingerprint density at radius 2 is 2.12 bits per heavy atom. The maximum atomic E-state index is 10.8. The Labute approximate surface area is 52.1 Å². The topological polar surface area (TPSA) is 17.1 Å². The Kier molecular flexibility index (Phi) is 3.13. The monoisotopic (exact) mass is 134 g/mol. The van der Waals surface area contributed by atoms with Crippen molar-refractivity contribution < 1.29 is 4.21 Å². The van der Waals surface area contributed by atoms with E-state index in [2.05, 4.69) is 12.8 Å². The van der Waals surface area contributed by atoms with E-state index in [1.54, 1.807) is 6.26 Å². The average molecular weight is 134 g/mol. The normalized spacial score (nSPS) is 17.8. The Morgan fingerprint density at radius 3 is 2.25 bits per heavy atom. The lowest BCUT2D eigenvalue weighted by atomic mass is 10.4. The van der Waals surface area contributed by atoms with Gasteiger partial charge in [0.05, 0.1) is 0 Å². The van der Waals surface area contributed by atoms with Crippen molar-refractivity contribution in [1.29, 1.82) is 0 Å². The maximum Gasteiger partial charge on any atom is 0.0156 e. The number of unbranched alkanes of at least 4 members (excludes halogenated alkanes) is 1. The second kappa shape index (κ2) is 3.13. The highest BCUT2D eigenvalue weighted by molar-refractivity contribution is 7.99. The third-order valence-electron chi connectivity index (χ3n) is 0.930. The summed E-state index contributed by atoms with van der Waals surface area (Å²) in [6.07, 6.45) is 3.86. The van der Waals surface area contributed by atoms with Crippen LogP contribution in [0.2, 0.25) is 0 Å². The summed E-state index contributed by atoms with van der Waals surface area (Å²) in [6.45, 7) is 2.09. The molecular formula is C6H14OS. The van der Waals surface area contributed by atoms with E-state index in [-0.39, 0.29) is 0 Å². The van der Waals surface area contributed by atoms with Crippen LogP contribution in [0.1, 0.15) is 19.8 Å². The van der Waals surface area contributed by atoms with E-state index in [1.807, 2.05) is 0 Å². The quantitative estimate of drug-likeness (QED) is 0.529. The molecule has 0 N–H and O–H groups in total. The zero-order chi connectivity index (χ0) is 6.62. The molecular weight excluding hydrogens is 120 g/mol. The molecule has 0 heterocycles. The van der Waals surface area contributed by atoms with Gasteiger partial charge < -0.3 is 0 Å². The molecule has 0 bridgehead atoms. The summed E-state index contributed by atoms with van der Waals surface area (Å²) in [5.41, 5.74) is 0. The first-order chi connectivity index (χ1) is 3.56. The fraction of sp³-hybridized carbons (Fsp3) is 0.833. The number of hydrogen-bond donors (Lipinski definition) is 0. The molecule has 0 aliphatic rings. The van der Waals surface area contributed by atoms with Crippen LogP contribution in [-0.4, -0.2) is 22.1 Å². The Balaban J connectivity index is 3.42. The molecule has 0 saturated heterocycles. The van der Waals surface area contributed by atoms with Crippen molar-refractivity contribution in [2.45, 2.75) is 19.8 Å². The van der Waals surface area contributed by atoms with Crippen molar-refractivity contribution in [3.63, 3.8) is 0 Å². The van der Waals surface area contributed by atoms with Crippen LogP contribution < -0.4 is 0 Å². The minimum atomic E-state index is -1.69. The molecule has 0 spiro atoms. The molecule has 0 radical (unpaired) electrons. The maximum absolute atomic E-state index is 10.8. The third kappa shape index (κ3) is 6.02. The molecule has 8 heavy (non-hydrogen) atoms. The fourth-order valence-corrected chi connectivity index (χ4v) is 1.35. The molecule has 0 aliphatic carbocycles. The van der Waals surface area contributed by atoms with Crippen LogP contribution in [-0.2, 0) is 9.52 Å². The summed E-state index contributed by atoms with van der Waals surface area (Å²) >= 11 is 0. The first-order valence-corrected chi connectivity index (χ1v) is 5.16. The van der Waals surface area contributed by atoms with Gasteiger partial charge in [-0.15, -0.1) is 0 Å². The summed E-state index contributed by atoms with van der Waals surface area (Å²) in [7, 11) is -1.69. The van der Waals surface area contributed by atoms with Gasteiger partial charge in [-0.1, -0.05) is 13.3 Å². The third-order valence-corrected chi connectivity index (χ3v) is 2.08. The first kappa shape index (κ1) is 8.02. The first-order valence-electron chi connectivity index (χ1n) is 2.86. The molecule has 0 rings (SSSR count). The number of hydrogen-bond acceptors (Lipinski definition) is 1. The molecule has 1 nitrogen and oxygen atoms in total. The summed E-state index contributed by atoms with van der Waals surface area (Å²) in [4.78, 5) is 0.